The first-order valence-corrected chi connectivity index (χ1v) is 7.77. The van der Waals surface area contributed by atoms with Gasteiger partial charge >= 0.3 is 0 Å². The summed E-state index contributed by atoms with van der Waals surface area (Å²) >= 11 is 0.913. The van der Waals surface area contributed by atoms with E-state index in [0.29, 0.717) is 17.6 Å². The Hall–Kier alpha value is -1.35. The number of hydrogen-bond acceptors (Lipinski definition) is 6. The van der Waals surface area contributed by atoms with Gasteiger partial charge in [-0.25, -0.2) is 13.4 Å². The average molecular weight is 310 g/mol. The van der Waals surface area contributed by atoms with E-state index >= 15 is 0 Å². The van der Waals surface area contributed by atoms with E-state index in [9.17, 15) is 17.2 Å². The molecule has 0 radical (unpaired) electrons. The van der Waals surface area contributed by atoms with Crippen LogP contribution in [0.15, 0.2) is 27.8 Å². The number of allylic oxidation sites excluding steroid dienone is 1. The molecule has 0 amide bonds. The van der Waals surface area contributed by atoms with Crippen molar-refractivity contribution in [3.8, 4) is 0 Å². The molecule has 0 aromatic carbocycles. The second-order valence-electron chi connectivity index (χ2n) is 3.28. The van der Waals surface area contributed by atoms with Crippen molar-refractivity contribution >= 4 is 27.4 Å². The minimum Gasteiger partial charge on any atom is -0.396 e. The third-order valence-electron chi connectivity index (χ3n) is 1.84. The van der Waals surface area contributed by atoms with Gasteiger partial charge in [0.05, 0.1) is 16.8 Å². The third-order valence-corrected chi connectivity index (χ3v) is 4.99. The minimum absolute atomic E-state index is 0.113. The molecule has 5 nitrogen and oxygen atoms in total. The van der Waals surface area contributed by atoms with Gasteiger partial charge in [0.2, 0.25) is 14.2 Å². The fourth-order valence-electron chi connectivity index (χ4n) is 1.05. The van der Waals surface area contributed by atoms with Crippen molar-refractivity contribution in [2.45, 2.75) is 17.7 Å². The topological polar surface area (TPSA) is 68.6 Å². The van der Waals surface area contributed by atoms with Crippen LogP contribution in [0.4, 0.5) is 8.78 Å². The fraction of sp³-hybridized carbons (Fsp3) is 0.400. The molecule has 9 heteroatoms. The summed E-state index contributed by atoms with van der Waals surface area (Å²) < 4.78 is 47.0. The zero-order valence-electron chi connectivity index (χ0n) is 10.0. The van der Waals surface area contributed by atoms with Crippen molar-refractivity contribution < 1.29 is 22.0 Å². The van der Waals surface area contributed by atoms with Gasteiger partial charge in [-0.15, -0.1) is 11.3 Å². The van der Waals surface area contributed by atoms with Crippen molar-refractivity contribution in [1.29, 1.82) is 0 Å². The van der Waals surface area contributed by atoms with Crippen molar-refractivity contribution in [2.75, 3.05) is 12.4 Å². The lowest BCUT2D eigenvalue weighted by Crippen LogP contribution is -2.05. The predicted octanol–water partition coefficient (Wildman–Crippen LogP) is 2.46. The Bertz CT molecular complexity index is 563. The quantitative estimate of drug-likeness (QED) is 0.573. The fourth-order valence-corrected chi connectivity index (χ4v) is 3.42. The average Bonchev–Trinajstić information content (AvgIpc) is 2.78. The van der Waals surface area contributed by atoms with Crippen molar-refractivity contribution in [1.82, 2.24) is 4.98 Å². The molecule has 1 heterocycles. The van der Waals surface area contributed by atoms with Crippen molar-refractivity contribution in [3.63, 3.8) is 0 Å². The van der Waals surface area contributed by atoms with Crippen LogP contribution in [0.3, 0.4) is 0 Å². The van der Waals surface area contributed by atoms with Crippen LogP contribution in [0, 0.1) is 0 Å². The highest BCUT2D eigenvalue weighted by Gasteiger charge is 2.18. The van der Waals surface area contributed by atoms with E-state index in [1.54, 1.807) is 6.92 Å². The van der Waals surface area contributed by atoms with E-state index < -0.39 is 21.7 Å². The Morgan fingerprint density at radius 1 is 1.58 bits per heavy atom. The van der Waals surface area contributed by atoms with Gasteiger partial charge in [0, 0.05) is 6.20 Å². The summed E-state index contributed by atoms with van der Waals surface area (Å²) in [6, 6.07) is 0. The molecule has 1 aromatic rings. The van der Waals surface area contributed by atoms with Crippen LogP contribution in [-0.2, 0) is 14.7 Å². The monoisotopic (exact) mass is 310 g/mol. The van der Waals surface area contributed by atoms with Gasteiger partial charge in [0.1, 0.15) is 6.61 Å². The maximum Gasteiger partial charge on any atom is 0.266 e. The molecule has 0 unspecified atom stereocenters. The Balaban J connectivity index is 2.71. The van der Waals surface area contributed by atoms with Crippen molar-refractivity contribution in [2.24, 2.45) is 5.16 Å². The molecule has 0 atom stereocenters. The standard InChI is InChI=1S/C10H12F2N2O3S2/c1-2-17-14-7-8-6-13-10(18-8)19(15,16)5-3-4-9(11)12/h4,6-7H,2-3,5H2,1H3. The summed E-state index contributed by atoms with van der Waals surface area (Å²) in [6.45, 7) is 2.17. The van der Waals surface area contributed by atoms with Gasteiger partial charge in [-0.3, -0.25) is 0 Å². The largest absolute Gasteiger partial charge is 0.396 e. The lowest BCUT2D eigenvalue weighted by Gasteiger charge is -1.96. The molecule has 0 aliphatic carbocycles. The summed E-state index contributed by atoms with van der Waals surface area (Å²) in [5, 5.41) is 3.58. The minimum atomic E-state index is -3.64. The van der Waals surface area contributed by atoms with Gasteiger partial charge in [-0.05, 0) is 19.4 Å². The van der Waals surface area contributed by atoms with Gasteiger partial charge in [0.15, 0.2) is 0 Å². The first kappa shape index (κ1) is 15.7. The number of hydrogen-bond donors (Lipinski definition) is 0. The molecular weight excluding hydrogens is 298 g/mol. The summed E-state index contributed by atoms with van der Waals surface area (Å²) in [5.74, 6) is -0.403. The molecule has 0 saturated carbocycles. The second-order valence-corrected chi connectivity index (χ2v) is 6.63. The second kappa shape index (κ2) is 7.29. The smallest absolute Gasteiger partial charge is 0.266 e. The Kier molecular flexibility index (Phi) is 6.03. The molecule has 1 aromatic heterocycles. The number of halogens is 2. The first-order valence-electron chi connectivity index (χ1n) is 5.30. The molecule has 0 spiro atoms. The van der Waals surface area contributed by atoms with Crippen LogP contribution >= 0.6 is 11.3 Å². The SMILES string of the molecule is CCON=Cc1cnc(S(=O)(=O)CCC=C(F)F)s1. The van der Waals surface area contributed by atoms with E-state index in [-0.39, 0.29) is 10.8 Å². The van der Waals surface area contributed by atoms with Gasteiger partial charge in [-0.1, -0.05) is 5.16 Å². The maximum absolute atomic E-state index is 11.8. The number of oxime groups is 1. The number of nitrogens with zero attached hydrogens (tertiary/aromatic N) is 2. The molecule has 19 heavy (non-hydrogen) atoms. The van der Waals surface area contributed by atoms with Crippen LogP contribution in [0.2, 0.25) is 0 Å². The Morgan fingerprint density at radius 3 is 2.95 bits per heavy atom. The zero-order chi connectivity index (χ0) is 14.3. The Labute approximate surface area is 113 Å². The molecule has 0 aliphatic heterocycles. The molecular formula is C10H12F2N2O3S2. The van der Waals surface area contributed by atoms with Gasteiger partial charge < -0.3 is 4.84 Å². The number of thiazole rings is 1. The molecule has 0 fully saturated rings. The number of rotatable bonds is 7. The molecule has 0 N–H and O–H groups in total. The van der Waals surface area contributed by atoms with E-state index in [0.717, 1.165) is 11.3 Å². The van der Waals surface area contributed by atoms with Gasteiger partial charge in [-0.2, -0.15) is 8.78 Å². The number of aromatic nitrogens is 1. The van der Waals surface area contributed by atoms with Gasteiger partial charge in [0.25, 0.3) is 6.08 Å². The van der Waals surface area contributed by atoms with E-state index in [2.05, 4.69) is 10.1 Å². The van der Waals surface area contributed by atoms with Crippen LogP contribution in [0.25, 0.3) is 0 Å². The maximum atomic E-state index is 11.8. The van der Waals surface area contributed by atoms with E-state index in [1.165, 1.54) is 12.4 Å². The number of sulfone groups is 1. The van der Waals surface area contributed by atoms with Crippen LogP contribution in [0.5, 0.6) is 0 Å². The summed E-state index contributed by atoms with van der Waals surface area (Å²) in [4.78, 5) is 8.98. The highest BCUT2D eigenvalue weighted by Crippen LogP contribution is 2.19. The highest BCUT2D eigenvalue weighted by molar-refractivity contribution is 7.93. The molecule has 106 valence electrons. The molecule has 0 saturated heterocycles. The lowest BCUT2D eigenvalue weighted by molar-refractivity contribution is 0.160. The van der Waals surface area contributed by atoms with E-state index in [1.807, 2.05) is 0 Å². The van der Waals surface area contributed by atoms with Crippen molar-refractivity contribution in [3.05, 3.63) is 23.2 Å². The molecule has 0 bridgehead atoms. The molecule has 0 aliphatic rings. The third kappa shape index (κ3) is 5.43. The van der Waals surface area contributed by atoms with Crippen LogP contribution in [0.1, 0.15) is 18.2 Å². The van der Waals surface area contributed by atoms with Crippen LogP contribution < -0.4 is 0 Å². The zero-order valence-corrected chi connectivity index (χ0v) is 11.7. The summed E-state index contributed by atoms with van der Waals surface area (Å²) in [7, 11) is -3.64. The first-order chi connectivity index (χ1) is 8.95. The van der Waals surface area contributed by atoms with E-state index in [4.69, 9.17) is 4.84 Å². The predicted molar refractivity (Wildman–Crippen MR) is 68.3 cm³/mol. The Morgan fingerprint density at radius 2 is 2.32 bits per heavy atom. The summed E-state index contributed by atoms with van der Waals surface area (Å²) in [5.41, 5.74) is 0. The summed E-state index contributed by atoms with van der Waals surface area (Å²) in [6.07, 6.45) is 1.13. The normalized spacial score (nSPS) is 11.7. The van der Waals surface area contributed by atoms with Crippen LogP contribution in [-0.4, -0.2) is 32.0 Å². The molecule has 1 rings (SSSR count). The highest BCUT2D eigenvalue weighted by atomic mass is 32.2. The lowest BCUT2D eigenvalue weighted by atomic mass is 10.5.